The van der Waals surface area contributed by atoms with Crippen molar-refractivity contribution in [1.82, 2.24) is 18.7 Å². The monoisotopic (exact) mass is 1100 g/mol. The third-order valence-electron chi connectivity index (χ3n) is 9.28. The van der Waals surface area contributed by atoms with E-state index >= 15 is 0 Å². The first-order chi connectivity index (χ1) is 31.0. The van der Waals surface area contributed by atoms with Crippen LogP contribution in [0.4, 0.5) is 0 Å². The maximum Gasteiger partial charge on any atom is 0.119 e. The summed E-state index contributed by atoms with van der Waals surface area (Å²) in [4.78, 5) is 13.1. The molecule has 0 spiro atoms. The summed E-state index contributed by atoms with van der Waals surface area (Å²) in [7, 11) is 0. The van der Waals surface area contributed by atoms with Crippen molar-refractivity contribution in [1.29, 1.82) is 0 Å². The molecule has 0 saturated carbocycles. The second-order valence-corrected chi connectivity index (χ2v) is 19.9. The Hall–Kier alpha value is -2.98. The van der Waals surface area contributed by atoms with Crippen molar-refractivity contribution in [3.8, 4) is 54.9 Å². The highest BCUT2D eigenvalue weighted by Gasteiger charge is 2.26. The molecule has 7 rings (SSSR count). The van der Waals surface area contributed by atoms with Crippen molar-refractivity contribution in [3.05, 3.63) is 80.4 Å². The summed E-state index contributed by atoms with van der Waals surface area (Å²) in [6, 6.07) is 24.2. The molecule has 0 saturated heterocycles. The minimum Gasteiger partial charge on any atom is -0.491 e. The summed E-state index contributed by atoms with van der Waals surface area (Å²) in [5, 5.41) is 0.813. The molecule has 0 atom stereocenters. The molecule has 0 fully saturated rings. The Morgan fingerprint density at radius 2 is 0.825 bits per heavy atom. The fourth-order valence-corrected chi connectivity index (χ4v) is 10.1. The fourth-order valence-electron chi connectivity index (χ4n) is 6.43. The van der Waals surface area contributed by atoms with Gasteiger partial charge in [0.1, 0.15) is 46.8 Å². The topological polar surface area (TPSA) is 125 Å². The lowest BCUT2D eigenvalue weighted by atomic mass is 9.99. The van der Waals surface area contributed by atoms with Gasteiger partial charge >= 0.3 is 0 Å². The van der Waals surface area contributed by atoms with Crippen LogP contribution >= 0.6 is 82.2 Å². The van der Waals surface area contributed by atoms with E-state index in [1.54, 1.807) is 22.7 Å². The van der Waals surface area contributed by atoms with Crippen molar-refractivity contribution in [2.45, 2.75) is 13.3 Å². The van der Waals surface area contributed by atoms with Crippen LogP contribution in [0.5, 0.6) is 11.5 Å². The normalized spacial score (nSPS) is 11.6. The van der Waals surface area contributed by atoms with Crippen LogP contribution in [-0.4, -0.2) is 117 Å². The molecule has 0 aliphatic carbocycles. The van der Waals surface area contributed by atoms with Crippen LogP contribution in [0.15, 0.2) is 80.4 Å². The summed E-state index contributed by atoms with van der Waals surface area (Å²) < 4.78 is 57.2. The number of ether oxygens (including phenoxy) is 8. The molecule has 4 aromatic heterocycles. The largest absolute Gasteiger partial charge is 0.491 e. The van der Waals surface area contributed by atoms with E-state index in [4.69, 9.17) is 56.6 Å². The van der Waals surface area contributed by atoms with Gasteiger partial charge in [0.25, 0.3) is 0 Å². The van der Waals surface area contributed by atoms with Gasteiger partial charge in [-0.25, -0.2) is 9.97 Å². The second kappa shape index (κ2) is 25.6. The number of aromatic nitrogens is 4. The van der Waals surface area contributed by atoms with E-state index in [1.807, 2.05) is 60.7 Å². The second-order valence-electron chi connectivity index (χ2n) is 13.6. The number of benzene rings is 3. The molecule has 63 heavy (non-hydrogen) atoms. The number of alkyl halides is 1. The Labute approximate surface area is 404 Å². The zero-order chi connectivity index (χ0) is 43.6. The van der Waals surface area contributed by atoms with Crippen LogP contribution < -0.4 is 9.47 Å². The van der Waals surface area contributed by atoms with Gasteiger partial charge in [-0.1, -0.05) is 22.9 Å². The molecule has 0 aliphatic heterocycles. The standard InChI is InChI=1S/C45H47Br3N4O8S3/c1-2-16-53-18-20-55-22-24-57-26-28-59-32-7-3-30(4-8-32)40-41(31-5-9-33(10-6-31)60-29-27-58-25-23-56-21-19-54-17-15-46)50-43-39(35-12-14-37(48)62-35)45-44(51-63-52-45)38(42(43)49-40)34-11-13-36(47)61-34/h3-14H,2,15-29H2,1H3. The molecule has 3 aromatic carbocycles. The van der Waals surface area contributed by atoms with Crippen LogP contribution in [0, 0.1) is 0 Å². The van der Waals surface area contributed by atoms with E-state index in [2.05, 4.69) is 66.8 Å². The minimum absolute atomic E-state index is 0.401. The molecule has 18 heteroatoms. The summed E-state index contributed by atoms with van der Waals surface area (Å²) in [6.45, 7) is 9.45. The fraction of sp³-hybridized carbons (Fsp3) is 0.378. The first-order valence-corrected chi connectivity index (χ1v) is 25.6. The average molecular weight is 1110 g/mol. The van der Waals surface area contributed by atoms with Crippen molar-refractivity contribution in [3.63, 3.8) is 0 Å². The van der Waals surface area contributed by atoms with Gasteiger partial charge in [-0.3, -0.25) is 0 Å². The average Bonchev–Trinajstić information content (AvgIpc) is 4.08. The van der Waals surface area contributed by atoms with Gasteiger partial charge in [0.15, 0.2) is 0 Å². The van der Waals surface area contributed by atoms with E-state index in [0.717, 1.165) is 91.5 Å². The predicted molar refractivity (Wildman–Crippen MR) is 263 cm³/mol. The molecule has 0 amide bonds. The first kappa shape index (κ1) is 48.0. The van der Waals surface area contributed by atoms with Gasteiger partial charge < -0.3 is 37.9 Å². The first-order valence-electron chi connectivity index (χ1n) is 20.5. The lowest BCUT2D eigenvalue weighted by Gasteiger charge is -2.16. The molecule has 0 bridgehead atoms. The van der Waals surface area contributed by atoms with Gasteiger partial charge in [0, 0.05) is 43.9 Å². The maximum atomic E-state index is 6.06. The van der Waals surface area contributed by atoms with Crippen molar-refractivity contribution in [2.75, 3.05) is 97.8 Å². The van der Waals surface area contributed by atoms with Gasteiger partial charge in [-0.05, 0) is 111 Å². The summed E-state index contributed by atoms with van der Waals surface area (Å²) in [5.74, 6) is 1.44. The van der Waals surface area contributed by atoms with Crippen molar-refractivity contribution < 1.29 is 37.9 Å². The number of rotatable bonds is 28. The van der Waals surface area contributed by atoms with Crippen LogP contribution in [0.1, 0.15) is 13.3 Å². The highest BCUT2D eigenvalue weighted by Crippen LogP contribution is 2.47. The Balaban J connectivity index is 1.13. The highest BCUT2D eigenvalue weighted by atomic mass is 79.9. The number of thiophene rings is 2. The molecular weight excluding hydrogens is 1060 g/mol. The summed E-state index contributed by atoms with van der Waals surface area (Å²) >= 11 is 15.2. The third-order valence-corrected chi connectivity index (χ3v) is 13.4. The van der Waals surface area contributed by atoms with Gasteiger partial charge in [-0.15, -0.1) is 22.7 Å². The van der Waals surface area contributed by atoms with Crippen LogP contribution in [-0.2, 0) is 28.4 Å². The predicted octanol–water partition coefficient (Wildman–Crippen LogP) is 11.6. The van der Waals surface area contributed by atoms with Crippen molar-refractivity contribution >= 4 is 104 Å². The van der Waals surface area contributed by atoms with E-state index in [0.29, 0.717) is 97.3 Å². The van der Waals surface area contributed by atoms with Gasteiger partial charge in [-0.2, -0.15) is 8.75 Å². The van der Waals surface area contributed by atoms with Crippen molar-refractivity contribution in [2.24, 2.45) is 0 Å². The molecule has 0 N–H and O–H groups in total. The van der Waals surface area contributed by atoms with Gasteiger partial charge in [0.05, 0.1) is 103 Å². The number of hydrogen-bond acceptors (Lipinski definition) is 15. The van der Waals surface area contributed by atoms with Crippen LogP contribution in [0.3, 0.4) is 0 Å². The number of nitrogens with zero attached hydrogens (tertiary/aromatic N) is 4. The Morgan fingerprint density at radius 1 is 0.444 bits per heavy atom. The molecule has 0 unspecified atom stereocenters. The molecule has 12 nitrogen and oxygen atoms in total. The number of hydrogen-bond donors (Lipinski definition) is 0. The highest BCUT2D eigenvalue weighted by molar-refractivity contribution is 9.11. The van der Waals surface area contributed by atoms with Crippen LogP contribution in [0.25, 0.3) is 65.5 Å². The Kier molecular flexibility index (Phi) is 19.5. The van der Waals surface area contributed by atoms with E-state index in [9.17, 15) is 0 Å². The number of halogens is 3. The molecule has 0 radical (unpaired) electrons. The van der Waals surface area contributed by atoms with Crippen LogP contribution in [0.2, 0.25) is 0 Å². The molecule has 0 aliphatic rings. The van der Waals surface area contributed by atoms with E-state index in [-0.39, 0.29) is 0 Å². The smallest absolute Gasteiger partial charge is 0.119 e. The molecule has 334 valence electrons. The quantitative estimate of drug-likeness (QED) is 0.0342. The summed E-state index contributed by atoms with van der Waals surface area (Å²) in [6.07, 6.45) is 1.00. The zero-order valence-corrected chi connectivity index (χ0v) is 41.9. The molecule has 7 aromatic rings. The maximum absolute atomic E-state index is 6.06. The molecule has 4 heterocycles. The zero-order valence-electron chi connectivity index (χ0n) is 34.7. The Morgan fingerprint density at radius 3 is 1.19 bits per heavy atom. The SMILES string of the molecule is CCCOCCOCCOCCOc1ccc(-c2nc3c(-c4ccc(Br)s4)c4nsnc4c(-c4ccc(Br)s4)c3nc2-c2ccc(OCCOCCOCCOCCBr)cc2)cc1. The van der Waals surface area contributed by atoms with E-state index < -0.39 is 0 Å². The lowest BCUT2D eigenvalue weighted by molar-refractivity contribution is 0.00945. The third kappa shape index (κ3) is 13.5. The Bertz CT molecular complexity index is 2300. The molecular formula is C45H47Br3N4O8S3. The van der Waals surface area contributed by atoms with E-state index in [1.165, 1.54) is 11.7 Å². The van der Waals surface area contributed by atoms with Gasteiger partial charge in [0.2, 0.25) is 0 Å². The lowest BCUT2D eigenvalue weighted by Crippen LogP contribution is -2.13. The minimum atomic E-state index is 0.401. The number of fused-ring (bicyclic) bond motifs is 2. The summed E-state index contributed by atoms with van der Waals surface area (Å²) in [5.41, 5.74) is 8.06.